The quantitative estimate of drug-likeness (QED) is 0.613. The summed E-state index contributed by atoms with van der Waals surface area (Å²) in [6, 6.07) is 7.14. The first-order chi connectivity index (χ1) is 12.8. The normalized spacial score (nSPS) is 28.2. The minimum absolute atomic E-state index is 0.117. The van der Waals surface area contributed by atoms with Gasteiger partial charge >= 0.3 is 0 Å². The Kier molecular flexibility index (Phi) is 5.61. The Morgan fingerprint density at radius 3 is 2.52 bits per heavy atom. The molecule has 0 heterocycles. The van der Waals surface area contributed by atoms with Gasteiger partial charge in [0, 0.05) is 0 Å². The van der Waals surface area contributed by atoms with Crippen LogP contribution in [0.4, 0.5) is 0 Å². The number of aromatic hydroxyl groups is 1. The first-order valence-electron chi connectivity index (χ1n) is 9.75. The molecule has 1 aromatic carbocycles. The molecule has 0 fully saturated rings. The zero-order valence-electron chi connectivity index (χ0n) is 16.3. The van der Waals surface area contributed by atoms with Crippen LogP contribution in [0.15, 0.2) is 71.6 Å². The maximum atomic E-state index is 11.5. The standard InChI is InChI=1S/C24H30O3/c1-16(2)24(27)15-19(8-7-18-9-11-21(25)12-10-18)14-22(26)23(24)20-6-4-5-17(3)13-20/h9-15,20,23,25-27H,1,4-8H2,2-3H3/t20?,23-,24?/m1/s1. The van der Waals surface area contributed by atoms with Crippen LogP contribution in [0, 0.1) is 11.8 Å². The molecule has 2 aliphatic rings. The first-order valence-corrected chi connectivity index (χ1v) is 9.75. The fourth-order valence-electron chi connectivity index (χ4n) is 4.36. The number of aliphatic hydroxyl groups is 2. The fourth-order valence-corrected chi connectivity index (χ4v) is 4.36. The smallest absolute Gasteiger partial charge is 0.115 e. The molecular formula is C24H30O3. The molecule has 3 rings (SSSR count). The number of phenols is 1. The van der Waals surface area contributed by atoms with Gasteiger partial charge in [-0.05, 0) is 92.9 Å². The van der Waals surface area contributed by atoms with Crippen molar-refractivity contribution in [2.24, 2.45) is 11.8 Å². The van der Waals surface area contributed by atoms with E-state index in [-0.39, 0.29) is 23.3 Å². The van der Waals surface area contributed by atoms with Crippen molar-refractivity contribution in [3.8, 4) is 5.75 Å². The lowest BCUT2D eigenvalue weighted by Crippen LogP contribution is -2.44. The Balaban J connectivity index is 1.84. The van der Waals surface area contributed by atoms with Crippen molar-refractivity contribution in [1.82, 2.24) is 0 Å². The highest BCUT2D eigenvalue weighted by Crippen LogP contribution is 2.45. The molecule has 3 nitrogen and oxygen atoms in total. The van der Waals surface area contributed by atoms with Crippen LogP contribution in [0.25, 0.3) is 0 Å². The molecule has 0 saturated carbocycles. The zero-order chi connectivity index (χ0) is 19.6. The number of rotatable bonds is 5. The summed E-state index contributed by atoms with van der Waals surface area (Å²) < 4.78 is 0. The van der Waals surface area contributed by atoms with Crippen LogP contribution in [0.5, 0.6) is 5.75 Å². The van der Waals surface area contributed by atoms with Gasteiger partial charge in [-0.15, -0.1) is 0 Å². The van der Waals surface area contributed by atoms with E-state index >= 15 is 0 Å². The largest absolute Gasteiger partial charge is 0.512 e. The predicted molar refractivity (Wildman–Crippen MR) is 110 cm³/mol. The second kappa shape index (κ2) is 7.77. The zero-order valence-corrected chi connectivity index (χ0v) is 16.3. The summed E-state index contributed by atoms with van der Waals surface area (Å²) >= 11 is 0. The molecule has 0 aromatic heterocycles. The van der Waals surface area contributed by atoms with E-state index in [1.54, 1.807) is 12.1 Å². The van der Waals surface area contributed by atoms with Crippen molar-refractivity contribution in [2.45, 2.75) is 51.6 Å². The highest BCUT2D eigenvalue weighted by atomic mass is 16.3. The molecule has 0 aliphatic heterocycles. The summed E-state index contributed by atoms with van der Waals surface area (Å²) in [5.41, 5.74) is 2.77. The van der Waals surface area contributed by atoms with E-state index in [0.29, 0.717) is 12.0 Å². The molecule has 3 atom stereocenters. The summed E-state index contributed by atoms with van der Waals surface area (Å²) in [6.45, 7) is 7.98. The van der Waals surface area contributed by atoms with E-state index in [9.17, 15) is 15.3 Å². The minimum atomic E-state index is -1.23. The second-order valence-corrected chi connectivity index (χ2v) is 8.11. The van der Waals surface area contributed by atoms with Gasteiger partial charge < -0.3 is 15.3 Å². The Hall–Kier alpha value is -2.26. The summed E-state index contributed by atoms with van der Waals surface area (Å²) in [5, 5.41) is 31.7. The van der Waals surface area contributed by atoms with Gasteiger partial charge in [0.25, 0.3) is 0 Å². The number of benzene rings is 1. The topological polar surface area (TPSA) is 60.7 Å². The molecule has 0 radical (unpaired) electrons. The van der Waals surface area contributed by atoms with Crippen molar-refractivity contribution < 1.29 is 15.3 Å². The Morgan fingerprint density at radius 2 is 1.89 bits per heavy atom. The molecule has 2 aliphatic carbocycles. The van der Waals surface area contributed by atoms with Gasteiger partial charge in [0.2, 0.25) is 0 Å². The average molecular weight is 367 g/mol. The number of phenolic OH excluding ortho intramolecular Hbond substituents is 1. The van der Waals surface area contributed by atoms with Crippen molar-refractivity contribution in [2.75, 3.05) is 0 Å². The molecule has 0 saturated heterocycles. The van der Waals surface area contributed by atoms with Crippen LogP contribution < -0.4 is 0 Å². The SMILES string of the molecule is C=C(C)C1(O)C=C(CCc2ccc(O)cc2)C=C(O)[C@H]1C1C=C(C)CCC1. The van der Waals surface area contributed by atoms with Gasteiger partial charge in [0.1, 0.15) is 11.4 Å². The van der Waals surface area contributed by atoms with Crippen LogP contribution in [0.1, 0.15) is 45.1 Å². The number of aryl methyl sites for hydroxylation is 1. The Labute approximate surface area is 162 Å². The van der Waals surface area contributed by atoms with Crippen molar-refractivity contribution >= 4 is 0 Å². The van der Waals surface area contributed by atoms with E-state index in [2.05, 4.69) is 19.6 Å². The highest BCUT2D eigenvalue weighted by Gasteiger charge is 2.45. The van der Waals surface area contributed by atoms with Gasteiger partial charge in [-0.1, -0.05) is 30.4 Å². The van der Waals surface area contributed by atoms with E-state index in [0.717, 1.165) is 36.8 Å². The summed E-state index contributed by atoms with van der Waals surface area (Å²) in [7, 11) is 0. The number of aliphatic hydroxyl groups excluding tert-OH is 1. The van der Waals surface area contributed by atoms with Crippen LogP contribution in [0.2, 0.25) is 0 Å². The molecule has 1 aromatic rings. The molecule has 27 heavy (non-hydrogen) atoms. The third-order valence-corrected chi connectivity index (χ3v) is 5.89. The van der Waals surface area contributed by atoms with Gasteiger partial charge in [0.15, 0.2) is 0 Å². The molecular weight excluding hydrogens is 336 g/mol. The molecule has 2 unspecified atom stereocenters. The van der Waals surface area contributed by atoms with E-state index < -0.39 is 5.60 Å². The first kappa shape index (κ1) is 19.5. The van der Waals surface area contributed by atoms with Gasteiger partial charge in [0.05, 0.1) is 11.7 Å². The van der Waals surface area contributed by atoms with E-state index in [4.69, 9.17) is 0 Å². The van der Waals surface area contributed by atoms with Crippen molar-refractivity contribution in [3.63, 3.8) is 0 Å². The van der Waals surface area contributed by atoms with Crippen LogP contribution in [-0.4, -0.2) is 20.9 Å². The van der Waals surface area contributed by atoms with Gasteiger partial charge in [-0.3, -0.25) is 0 Å². The maximum absolute atomic E-state index is 11.5. The molecule has 0 bridgehead atoms. The summed E-state index contributed by atoms with van der Waals surface area (Å²) in [5.74, 6) is 0.248. The maximum Gasteiger partial charge on any atom is 0.115 e. The highest BCUT2D eigenvalue weighted by molar-refractivity contribution is 5.41. The molecule has 3 N–H and O–H groups in total. The molecule has 0 spiro atoms. The number of hydrogen-bond acceptors (Lipinski definition) is 3. The fraction of sp³-hybridized carbons (Fsp3) is 0.417. The molecule has 144 valence electrons. The molecule has 0 amide bonds. The van der Waals surface area contributed by atoms with E-state index in [1.165, 1.54) is 5.57 Å². The van der Waals surface area contributed by atoms with Crippen LogP contribution >= 0.6 is 0 Å². The Bertz CT molecular complexity index is 797. The third-order valence-electron chi connectivity index (χ3n) is 5.89. The summed E-state index contributed by atoms with van der Waals surface area (Å²) in [4.78, 5) is 0. The van der Waals surface area contributed by atoms with Crippen LogP contribution in [-0.2, 0) is 6.42 Å². The third kappa shape index (κ3) is 4.19. The monoisotopic (exact) mass is 366 g/mol. The molecule has 3 heteroatoms. The minimum Gasteiger partial charge on any atom is -0.512 e. The second-order valence-electron chi connectivity index (χ2n) is 8.11. The van der Waals surface area contributed by atoms with Crippen molar-refractivity contribution in [3.05, 3.63) is 77.1 Å². The average Bonchev–Trinajstić information content (AvgIpc) is 2.61. The number of hydrogen-bond donors (Lipinski definition) is 3. The van der Waals surface area contributed by atoms with Gasteiger partial charge in [-0.25, -0.2) is 0 Å². The number of allylic oxidation sites excluding steroid dienone is 4. The van der Waals surface area contributed by atoms with Gasteiger partial charge in [-0.2, -0.15) is 0 Å². The van der Waals surface area contributed by atoms with E-state index in [1.807, 2.05) is 31.2 Å². The predicted octanol–water partition coefficient (Wildman–Crippen LogP) is 5.38. The lowest BCUT2D eigenvalue weighted by atomic mass is 9.67. The van der Waals surface area contributed by atoms with Crippen LogP contribution in [0.3, 0.4) is 0 Å². The Morgan fingerprint density at radius 1 is 1.19 bits per heavy atom. The summed E-state index contributed by atoms with van der Waals surface area (Å²) in [6.07, 6.45) is 10.5. The lowest BCUT2D eigenvalue weighted by Gasteiger charge is -2.42. The van der Waals surface area contributed by atoms with Crippen molar-refractivity contribution in [1.29, 1.82) is 0 Å². The lowest BCUT2D eigenvalue weighted by molar-refractivity contribution is 0.0328.